The van der Waals surface area contributed by atoms with E-state index in [0.717, 1.165) is 4.48 Å². The highest BCUT2D eigenvalue weighted by atomic mass is 32.2. The topological polar surface area (TPSA) is 0 Å². The summed E-state index contributed by atoms with van der Waals surface area (Å²) >= 11 is 2.10. The highest BCUT2D eigenvalue weighted by Gasteiger charge is 2.04. The van der Waals surface area contributed by atoms with Crippen LogP contribution in [0.1, 0.15) is 26.2 Å². The summed E-state index contributed by atoms with van der Waals surface area (Å²) in [7, 11) is 6.79. The molecule has 0 N–H and O–H groups in total. The standard InChI is InChI=1S/C10H24NS/c1-5-9-12-10-7-6-8-11(2,3)4/h5-10H2,1-4H3/q+1. The first-order valence-corrected chi connectivity index (χ1v) is 6.10. The van der Waals surface area contributed by atoms with E-state index >= 15 is 0 Å². The smallest absolute Gasteiger partial charge is 0.0780 e. The molecule has 0 amide bonds. The van der Waals surface area contributed by atoms with Gasteiger partial charge in [-0.3, -0.25) is 0 Å². The van der Waals surface area contributed by atoms with Crippen LogP contribution in [0.5, 0.6) is 0 Å². The predicted molar refractivity (Wildman–Crippen MR) is 59.7 cm³/mol. The van der Waals surface area contributed by atoms with E-state index < -0.39 is 0 Å². The third kappa shape index (κ3) is 10.3. The molecule has 0 heterocycles. The quantitative estimate of drug-likeness (QED) is 0.439. The normalized spacial score (nSPS) is 12.0. The van der Waals surface area contributed by atoms with Crippen LogP contribution in [0.4, 0.5) is 0 Å². The molecule has 1 nitrogen and oxygen atoms in total. The lowest BCUT2D eigenvalue weighted by molar-refractivity contribution is -0.870. The van der Waals surface area contributed by atoms with Crippen molar-refractivity contribution >= 4 is 11.8 Å². The zero-order valence-corrected chi connectivity index (χ0v) is 9.91. The van der Waals surface area contributed by atoms with Crippen LogP contribution in [0.2, 0.25) is 0 Å². The number of thioether (sulfide) groups is 1. The summed E-state index contributed by atoms with van der Waals surface area (Å²) in [5.41, 5.74) is 0. The van der Waals surface area contributed by atoms with Crippen molar-refractivity contribution in [2.45, 2.75) is 26.2 Å². The Labute approximate surface area is 82.1 Å². The third-order valence-corrected chi connectivity index (χ3v) is 2.99. The highest BCUT2D eigenvalue weighted by molar-refractivity contribution is 7.99. The van der Waals surface area contributed by atoms with Crippen molar-refractivity contribution in [3.05, 3.63) is 0 Å². The molecule has 0 aliphatic heterocycles. The fraction of sp³-hybridized carbons (Fsp3) is 1.00. The van der Waals surface area contributed by atoms with Gasteiger partial charge in [-0.2, -0.15) is 11.8 Å². The lowest BCUT2D eigenvalue weighted by Crippen LogP contribution is -2.35. The third-order valence-electron chi connectivity index (χ3n) is 1.72. The minimum Gasteiger partial charge on any atom is -0.331 e. The Morgan fingerprint density at radius 1 is 1.00 bits per heavy atom. The van der Waals surface area contributed by atoms with Gasteiger partial charge in [-0.1, -0.05) is 6.92 Å². The molecule has 0 aliphatic carbocycles. The molecule has 2 heteroatoms. The van der Waals surface area contributed by atoms with Gasteiger partial charge in [0.15, 0.2) is 0 Å². The predicted octanol–water partition coefficient (Wildman–Crippen LogP) is 2.62. The molecule has 0 atom stereocenters. The summed E-state index contributed by atoms with van der Waals surface area (Å²) in [6.07, 6.45) is 4.08. The van der Waals surface area contributed by atoms with E-state index in [9.17, 15) is 0 Å². The molecule has 0 saturated heterocycles. The molecule has 0 radical (unpaired) electrons. The Hall–Kier alpha value is 0.310. The van der Waals surface area contributed by atoms with Gasteiger partial charge in [0, 0.05) is 0 Å². The number of nitrogens with zero attached hydrogens (tertiary/aromatic N) is 1. The number of quaternary nitrogens is 1. The molecule has 0 saturated carbocycles. The average molecular weight is 190 g/mol. The molecule has 0 aromatic heterocycles. The first kappa shape index (κ1) is 12.3. The molecule has 0 aliphatic rings. The SMILES string of the molecule is CCCSCCCC[N+](C)(C)C. The molecular weight excluding hydrogens is 166 g/mol. The highest BCUT2D eigenvalue weighted by Crippen LogP contribution is 2.06. The van der Waals surface area contributed by atoms with Gasteiger partial charge in [0.25, 0.3) is 0 Å². The van der Waals surface area contributed by atoms with Gasteiger partial charge >= 0.3 is 0 Å². The molecule has 12 heavy (non-hydrogen) atoms. The van der Waals surface area contributed by atoms with Gasteiger partial charge < -0.3 is 4.48 Å². The van der Waals surface area contributed by atoms with E-state index in [0.29, 0.717) is 0 Å². The van der Waals surface area contributed by atoms with Crippen LogP contribution in [0, 0.1) is 0 Å². The van der Waals surface area contributed by atoms with Crippen LogP contribution in [-0.2, 0) is 0 Å². The van der Waals surface area contributed by atoms with Crippen molar-refractivity contribution in [3.8, 4) is 0 Å². The van der Waals surface area contributed by atoms with E-state index in [4.69, 9.17) is 0 Å². The van der Waals surface area contributed by atoms with Gasteiger partial charge in [0.1, 0.15) is 0 Å². The number of rotatable bonds is 7. The Bertz CT molecular complexity index is 96.5. The molecule has 0 bridgehead atoms. The van der Waals surface area contributed by atoms with Crippen molar-refractivity contribution in [2.24, 2.45) is 0 Å². The van der Waals surface area contributed by atoms with E-state index in [1.807, 2.05) is 0 Å². The van der Waals surface area contributed by atoms with Gasteiger partial charge in [-0.05, 0) is 30.8 Å². The lowest BCUT2D eigenvalue weighted by atomic mass is 10.3. The minimum absolute atomic E-state index is 1.11. The van der Waals surface area contributed by atoms with E-state index in [1.54, 1.807) is 0 Å². The van der Waals surface area contributed by atoms with Crippen LogP contribution in [0.25, 0.3) is 0 Å². The van der Waals surface area contributed by atoms with Gasteiger partial charge in [-0.15, -0.1) is 0 Å². The zero-order chi connectivity index (χ0) is 9.45. The van der Waals surface area contributed by atoms with Crippen LogP contribution < -0.4 is 0 Å². The monoisotopic (exact) mass is 190 g/mol. The maximum absolute atomic E-state index is 2.26. The molecule has 0 aromatic rings. The summed E-state index contributed by atoms with van der Waals surface area (Å²) in [6.45, 7) is 3.56. The van der Waals surface area contributed by atoms with Crippen LogP contribution in [-0.4, -0.2) is 43.7 Å². The van der Waals surface area contributed by atoms with E-state index in [-0.39, 0.29) is 0 Å². The number of hydrogen-bond donors (Lipinski definition) is 0. The van der Waals surface area contributed by atoms with Crippen molar-refractivity contribution in [3.63, 3.8) is 0 Å². The van der Waals surface area contributed by atoms with Gasteiger partial charge in [0.05, 0.1) is 27.7 Å². The number of hydrogen-bond acceptors (Lipinski definition) is 1. The molecule has 0 fully saturated rings. The first-order valence-electron chi connectivity index (χ1n) is 4.94. The Morgan fingerprint density at radius 3 is 2.17 bits per heavy atom. The second-order valence-electron chi connectivity index (χ2n) is 4.33. The minimum atomic E-state index is 1.11. The summed E-state index contributed by atoms with van der Waals surface area (Å²) in [5.74, 6) is 2.69. The Kier molecular flexibility index (Phi) is 6.96. The van der Waals surface area contributed by atoms with Gasteiger partial charge in [-0.25, -0.2) is 0 Å². The van der Waals surface area contributed by atoms with Crippen molar-refractivity contribution in [1.82, 2.24) is 0 Å². The van der Waals surface area contributed by atoms with Crippen molar-refractivity contribution in [2.75, 3.05) is 39.2 Å². The molecule has 0 aromatic carbocycles. The fourth-order valence-corrected chi connectivity index (χ4v) is 1.94. The Morgan fingerprint density at radius 2 is 1.67 bits per heavy atom. The van der Waals surface area contributed by atoms with Crippen LogP contribution >= 0.6 is 11.8 Å². The fourth-order valence-electron chi connectivity index (χ4n) is 1.04. The molecule has 0 spiro atoms. The average Bonchev–Trinajstić information content (AvgIpc) is 1.94. The second-order valence-corrected chi connectivity index (χ2v) is 5.56. The summed E-state index contributed by atoms with van der Waals surface area (Å²) in [6, 6.07) is 0. The summed E-state index contributed by atoms with van der Waals surface area (Å²) < 4.78 is 1.11. The van der Waals surface area contributed by atoms with Crippen molar-refractivity contribution in [1.29, 1.82) is 0 Å². The summed E-state index contributed by atoms with van der Waals surface area (Å²) in [4.78, 5) is 0. The largest absolute Gasteiger partial charge is 0.331 e. The molecule has 0 rings (SSSR count). The maximum Gasteiger partial charge on any atom is 0.0780 e. The summed E-state index contributed by atoms with van der Waals surface area (Å²) in [5, 5.41) is 0. The maximum atomic E-state index is 2.26. The molecular formula is C10H24NS+. The second kappa shape index (κ2) is 6.79. The zero-order valence-electron chi connectivity index (χ0n) is 9.10. The van der Waals surface area contributed by atoms with E-state index in [2.05, 4.69) is 39.8 Å². The van der Waals surface area contributed by atoms with Crippen molar-refractivity contribution < 1.29 is 4.48 Å². The molecule has 0 unspecified atom stereocenters. The number of unbranched alkanes of at least 4 members (excludes halogenated alkanes) is 1. The van der Waals surface area contributed by atoms with E-state index in [1.165, 1.54) is 37.3 Å². The lowest BCUT2D eigenvalue weighted by Gasteiger charge is -2.23. The molecule has 74 valence electrons. The first-order chi connectivity index (χ1) is 5.56. The van der Waals surface area contributed by atoms with Gasteiger partial charge in [0.2, 0.25) is 0 Å². The Balaban J connectivity index is 3.01. The van der Waals surface area contributed by atoms with Crippen LogP contribution in [0.15, 0.2) is 0 Å². The van der Waals surface area contributed by atoms with Crippen LogP contribution in [0.3, 0.4) is 0 Å².